The second-order valence-corrected chi connectivity index (χ2v) is 5.00. The van der Waals surface area contributed by atoms with Crippen molar-refractivity contribution in [3.63, 3.8) is 0 Å². The highest BCUT2D eigenvalue weighted by atomic mass is 15.2. The van der Waals surface area contributed by atoms with Crippen LogP contribution in [0, 0.1) is 0 Å². The lowest BCUT2D eigenvalue weighted by Crippen LogP contribution is -2.00. The Kier molecular flexibility index (Phi) is 5.24. The molecule has 0 N–H and O–H groups in total. The summed E-state index contributed by atoms with van der Waals surface area (Å²) < 4.78 is 0. The molecule has 2 aromatic carbocycles. The van der Waals surface area contributed by atoms with E-state index in [4.69, 9.17) is 0 Å². The lowest BCUT2D eigenvalue weighted by atomic mass is 10.1. The molecule has 0 radical (unpaired) electrons. The highest BCUT2D eigenvalue weighted by Gasteiger charge is 1.97. The van der Waals surface area contributed by atoms with Gasteiger partial charge in [-0.25, -0.2) is 0 Å². The zero-order valence-corrected chi connectivity index (χ0v) is 12.1. The first-order chi connectivity index (χ1) is 9.74. The van der Waals surface area contributed by atoms with Crippen molar-refractivity contribution in [2.45, 2.75) is 26.7 Å². The van der Waals surface area contributed by atoms with E-state index in [0.29, 0.717) is 0 Å². The summed E-state index contributed by atoms with van der Waals surface area (Å²) in [6.45, 7) is 4.04. The first-order valence-corrected chi connectivity index (χ1v) is 6.88. The maximum absolute atomic E-state index is 4.32. The SMILES string of the molecule is C/C(Cc1ccccc1)=N/N=C(\C)Cc1ccccc1. The Morgan fingerprint density at radius 3 is 1.35 bits per heavy atom. The fourth-order valence-electron chi connectivity index (χ4n) is 2.02. The molecule has 0 unspecified atom stereocenters. The molecule has 0 spiro atoms. The van der Waals surface area contributed by atoms with Crippen LogP contribution in [-0.2, 0) is 12.8 Å². The Morgan fingerprint density at radius 1 is 0.650 bits per heavy atom. The van der Waals surface area contributed by atoms with E-state index in [9.17, 15) is 0 Å². The molecule has 0 atom stereocenters. The van der Waals surface area contributed by atoms with Gasteiger partial charge in [0.05, 0.1) is 0 Å². The maximum Gasteiger partial charge on any atom is 0.0418 e. The van der Waals surface area contributed by atoms with Crippen molar-refractivity contribution < 1.29 is 0 Å². The average Bonchev–Trinajstić information content (AvgIpc) is 2.47. The summed E-state index contributed by atoms with van der Waals surface area (Å²) >= 11 is 0. The summed E-state index contributed by atoms with van der Waals surface area (Å²) in [7, 11) is 0. The monoisotopic (exact) mass is 264 g/mol. The van der Waals surface area contributed by atoms with Crippen molar-refractivity contribution in [3.05, 3.63) is 71.8 Å². The molecule has 0 heterocycles. The van der Waals surface area contributed by atoms with E-state index in [1.165, 1.54) is 11.1 Å². The van der Waals surface area contributed by atoms with E-state index >= 15 is 0 Å². The van der Waals surface area contributed by atoms with Crippen LogP contribution in [0.2, 0.25) is 0 Å². The first-order valence-electron chi connectivity index (χ1n) is 6.88. The van der Waals surface area contributed by atoms with Gasteiger partial charge in [0.15, 0.2) is 0 Å². The van der Waals surface area contributed by atoms with Gasteiger partial charge in [0.1, 0.15) is 0 Å². The Morgan fingerprint density at radius 2 is 1.00 bits per heavy atom. The molecule has 0 aromatic heterocycles. The van der Waals surface area contributed by atoms with Gasteiger partial charge in [-0.2, -0.15) is 10.2 Å². The third-order valence-electron chi connectivity index (χ3n) is 3.00. The summed E-state index contributed by atoms with van der Waals surface area (Å²) in [5.74, 6) is 0. The molecular formula is C18H20N2. The second-order valence-electron chi connectivity index (χ2n) is 5.00. The largest absolute Gasteiger partial charge is 0.160 e. The van der Waals surface area contributed by atoms with Crippen LogP contribution in [0.15, 0.2) is 70.9 Å². The Balaban J connectivity index is 1.94. The molecule has 20 heavy (non-hydrogen) atoms. The molecule has 0 amide bonds. The van der Waals surface area contributed by atoms with Gasteiger partial charge >= 0.3 is 0 Å². The molecule has 2 rings (SSSR count). The van der Waals surface area contributed by atoms with Crippen LogP contribution in [0.4, 0.5) is 0 Å². The topological polar surface area (TPSA) is 24.7 Å². The second kappa shape index (κ2) is 7.39. The van der Waals surface area contributed by atoms with E-state index in [1.807, 2.05) is 50.2 Å². The number of rotatable bonds is 5. The third-order valence-corrected chi connectivity index (χ3v) is 3.00. The smallest absolute Gasteiger partial charge is 0.0418 e. The van der Waals surface area contributed by atoms with Crippen molar-refractivity contribution >= 4 is 11.4 Å². The van der Waals surface area contributed by atoms with Gasteiger partial charge in [0, 0.05) is 24.3 Å². The standard InChI is InChI=1S/C18H20N2/c1-15(13-17-9-5-3-6-10-17)19-20-16(2)14-18-11-7-4-8-12-18/h3-12H,13-14H2,1-2H3/b19-15-,20-16+. The van der Waals surface area contributed by atoms with Crippen LogP contribution in [-0.4, -0.2) is 11.4 Å². The number of nitrogens with zero attached hydrogens (tertiary/aromatic N) is 2. The van der Waals surface area contributed by atoms with Crippen LogP contribution in [0.1, 0.15) is 25.0 Å². The minimum atomic E-state index is 0.850. The Bertz CT molecular complexity index is 528. The number of hydrogen-bond acceptors (Lipinski definition) is 2. The lowest BCUT2D eigenvalue weighted by molar-refractivity contribution is 1.14. The quantitative estimate of drug-likeness (QED) is 0.568. The summed E-state index contributed by atoms with van der Waals surface area (Å²) in [6, 6.07) is 20.7. The third kappa shape index (κ3) is 4.81. The predicted molar refractivity (Wildman–Crippen MR) is 86.5 cm³/mol. The van der Waals surface area contributed by atoms with E-state index in [1.54, 1.807) is 0 Å². The van der Waals surface area contributed by atoms with Gasteiger partial charge in [-0.15, -0.1) is 0 Å². The summed E-state index contributed by atoms with van der Waals surface area (Å²) in [6.07, 6.45) is 1.70. The molecule has 0 aliphatic rings. The van der Waals surface area contributed by atoms with Gasteiger partial charge in [-0.1, -0.05) is 60.7 Å². The van der Waals surface area contributed by atoms with E-state index < -0.39 is 0 Å². The van der Waals surface area contributed by atoms with Crippen molar-refractivity contribution in [3.8, 4) is 0 Å². The molecule has 0 fully saturated rings. The number of hydrogen-bond donors (Lipinski definition) is 0. The highest BCUT2D eigenvalue weighted by molar-refractivity contribution is 5.87. The van der Waals surface area contributed by atoms with Crippen molar-refractivity contribution in [1.29, 1.82) is 0 Å². The number of benzene rings is 2. The Labute approximate surface area is 120 Å². The van der Waals surface area contributed by atoms with Crippen molar-refractivity contribution in [1.82, 2.24) is 0 Å². The Hall–Kier alpha value is -2.22. The van der Waals surface area contributed by atoms with Crippen LogP contribution in [0.5, 0.6) is 0 Å². The lowest BCUT2D eigenvalue weighted by Gasteiger charge is -2.01. The first kappa shape index (κ1) is 14.2. The molecule has 0 saturated carbocycles. The molecule has 102 valence electrons. The minimum absolute atomic E-state index is 0.850. The molecular weight excluding hydrogens is 244 g/mol. The average molecular weight is 264 g/mol. The highest BCUT2D eigenvalue weighted by Crippen LogP contribution is 2.03. The van der Waals surface area contributed by atoms with Gasteiger partial charge < -0.3 is 0 Å². The normalized spacial score (nSPS) is 12.5. The zero-order valence-electron chi connectivity index (χ0n) is 12.1. The molecule has 0 aliphatic carbocycles. The van der Waals surface area contributed by atoms with E-state index in [0.717, 1.165) is 24.3 Å². The maximum atomic E-state index is 4.32. The zero-order chi connectivity index (χ0) is 14.2. The van der Waals surface area contributed by atoms with Gasteiger partial charge in [0.2, 0.25) is 0 Å². The minimum Gasteiger partial charge on any atom is -0.160 e. The fraction of sp³-hybridized carbons (Fsp3) is 0.222. The summed E-state index contributed by atoms with van der Waals surface area (Å²) in [4.78, 5) is 0. The van der Waals surface area contributed by atoms with Crippen LogP contribution >= 0.6 is 0 Å². The molecule has 0 saturated heterocycles. The van der Waals surface area contributed by atoms with Crippen molar-refractivity contribution in [2.24, 2.45) is 10.2 Å². The van der Waals surface area contributed by atoms with Crippen LogP contribution in [0.25, 0.3) is 0 Å². The van der Waals surface area contributed by atoms with E-state index in [-0.39, 0.29) is 0 Å². The van der Waals surface area contributed by atoms with E-state index in [2.05, 4.69) is 34.5 Å². The summed E-state index contributed by atoms with van der Waals surface area (Å²) in [5.41, 5.74) is 4.60. The van der Waals surface area contributed by atoms with Gasteiger partial charge in [-0.05, 0) is 25.0 Å². The van der Waals surface area contributed by atoms with Crippen LogP contribution < -0.4 is 0 Å². The molecule has 2 heteroatoms. The van der Waals surface area contributed by atoms with Gasteiger partial charge in [0.25, 0.3) is 0 Å². The predicted octanol–water partition coefficient (Wildman–Crippen LogP) is 4.31. The van der Waals surface area contributed by atoms with Crippen molar-refractivity contribution in [2.75, 3.05) is 0 Å². The molecule has 2 aromatic rings. The summed E-state index contributed by atoms with van der Waals surface area (Å²) in [5, 5.41) is 8.64. The van der Waals surface area contributed by atoms with Gasteiger partial charge in [-0.3, -0.25) is 0 Å². The molecule has 2 nitrogen and oxygen atoms in total. The van der Waals surface area contributed by atoms with Crippen LogP contribution in [0.3, 0.4) is 0 Å². The fourth-order valence-corrected chi connectivity index (χ4v) is 2.02. The molecule has 0 bridgehead atoms. The molecule has 0 aliphatic heterocycles.